The lowest BCUT2D eigenvalue weighted by atomic mass is 10.2. The lowest BCUT2D eigenvalue weighted by molar-refractivity contribution is 0.102. The Morgan fingerprint density at radius 2 is 1.92 bits per heavy atom. The topological polar surface area (TPSA) is 78.3 Å². The van der Waals surface area contributed by atoms with E-state index in [1.807, 2.05) is 0 Å². The van der Waals surface area contributed by atoms with Gasteiger partial charge in [0.05, 0.1) is 31.3 Å². The van der Waals surface area contributed by atoms with Gasteiger partial charge in [-0.2, -0.15) is 9.90 Å². The second-order valence-electron chi connectivity index (χ2n) is 5.42. The van der Waals surface area contributed by atoms with Crippen molar-refractivity contribution in [3.05, 3.63) is 58.9 Å². The van der Waals surface area contributed by atoms with Crippen molar-refractivity contribution in [2.24, 2.45) is 0 Å². The van der Waals surface area contributed by atoms with E-state index in [1.165, 1.54) is 11.9 Å². The maximum Gasteiger partial charge on any atom is 0.278 e. The fourth-order valence-electron chi connectivity index (χ4n) is 2.39. The van der Waals surface area contributed by atoms with Crippen LogP contribution >= 0.6 is 11.6 Å². The Balaban J connectivity index is 1.87. The Labute approximate surface area is 155 Å². The summed E-state index contributed by atoms with van der Waals surface area (Å²) in [5.74, 6) is 0.722. The van der Waals surface area contributed by atoms with E-state index in [0.29, 0.717) is 33.6 Å². The second-order valence-corrected chi connectivity index (χ2v) is 5.86. The molecule has 0 fully saturated rings. The number of rotatable bonds is 5. The summed E-state index contributed by atoms with van der Waals surface area (Å²) >= 11 is 6.00. The van der Waals surface area contributed by atoms with E-state index in [2.05, 4.69) is 15.5 Å². The molecule has 0 saturated heterocycles. The summed E-state index contributed by atoms with van der Waals surface area (Å²) in [6, 6.07) is 12.2. The highest BCUT2D eigenvalue weighted by Crippen LogP contribution is 2.29. The lowest BCUT2D eigenvalue weighted by Crippen LogP contribution is -2.15. The minimum absolute atomic E-state index is 0.211. The molecule has 0 radical (unpaired) electrons. The summed E-state index contributed by atoms with van der Waals surface area (Å²) in [5, 5.41) is 11.9. The average Bonchev–Trinajstić information content (AvgIpc) is 3.04. The molecule has 3 rings (SSSR count). The number of hydrogen-bond acceptors (Lipinski definition) is 5. The number of benzene rings is 2. The van der Waals surface area contributed by atoms with E-state index in [9.17, 15) is 4.79 Å². The maximum absolute atomic E-state index is 12.6. The van der Waals surface area contributed by atoms with Crippen molar-refractivity contribution >= 4 is 23.2 Å². The Morgan fingerprint density at radius 3 is 2.62 bits per heavy atom. The van der Waals surface area contributed by atoms with Crippen molar-refractivity contribution in [2.75, 3.05) is 19.5 Å². The number of amides is 1. The number of carbonyl (C=O) groups excluding carboxylic acids is 1. The van der Waals surface area contributed by atoms with Gasteiger partial charge in [-0.25, -0.2) is 0 Å². The van der Waals surface area contributed by atoms with Crippen LogP contribution in [0, 0.1) is 6.92 Å². The van der Waals surface area contributed by atoms with Crippen molar-refractivity contribution in [2.45, 2.75) is 6.92 Å². The van der Waals surface area contributed by atoms with Crippen LogP contribution < -0.4 is 14.8 Å². The van der Waals surface area contributed by atoms with E-state index in [-0.39, 0.29) is 11.6 Å². The third kappa shape index (κ3) is 3.62. The van der Waals surface area contributed by atoms with E-state index in [1.54, 1.807) is 56.5 Å². The number of halogens is 1. The molecule has 26 heavy (non-hydrogen) atoms. The number of aromatic nitrogens is 3. The Kier molecular flexibility index (Phi) is 5.09. The number of anilines is 1. The smallest absolute Gasteiger partial charge is 0.278 e. The first-order valence-electron chi connectivity index (χ1n) is 7.75. The third-order valence-electron chi connectivity index (χ3n) is 3.69. The molecule has 2 aromatic carbocycles. The highest BCUT2D eigenvalue weighted by Gasteiger charge is 2.18. The molecule has 134 valence electrons. The summed E-state index contributed by atoms with van der Waals surface area (Å²) in [6.45, 7) is 1.72. The van der Waals surface area contributed by atoms with Gasteiger partial charge in [0.15, 0.2) is 5.69 Å². The average molecular weight is 373 g/mol. The first-order chi connectivity index (χ1) is 12.5. The SMILES string of the molecule is COc1ccc(NC(=O)c2nn(-c3cccc(Cl)c3)nc2C)c(OC)c1. The van der Waals surface area contributed by atoms with Gasteiger partial charge in [-0.3, -0.25) is 4.79 Å². The van der Waals surface area contributed by atoms with E-state index in [0.717, 1.165) is 0 Å². The van der Waals surface area contributed by atoms with Crippen LogP contribution in [0.25, 0.3) is 5.69 Å². The van der Waals surface area contributed by atoms with E-state index in [4.69, 9.17) is 21.1 Å². The molecule has 7 nitrogen and oxygen atoms in total. The molecule has 8 heteroatoms. The molecule has 0 aliphatic heterocycles. The van der Waals surface area contributed by atoms with Crippen LogP contribution in [-0.4, -0.2) is 35.1 Å². The monoisotopic (exact) mass is 372 g/mol. The predicted octanol–water partition coefficient (Wildman–Crippen LogP) is 3.50. The molecule has 3 aromatic rings. The van der Waals surface area contributed by atoms with Crippen LogP contribution in [0.15, 0.2) is 42.5 Å². The molecule has 1 aromatic heterocycles. The van der Waals surface area contributed by atoms with Gasteiger partial charge in [0.25, 0.3) is 5.91 Å². The highest BCUT2D eigenvalue weighted by molar-refractivity contribution is 6.30. The molecule has 0 atom stereocenters. The summed E-state index contributed by atoms with van der Waals surface area (Å²) in [6.07, 6.45) is 0. The normalized spacial score (nSPS) is 10.5. The molecule has 0 bridgehead atoms. The Morgan fingerprint density at radius 1 is 1.12 bits per heavy atom. The van der Waals surface area contributed by atoms with E-state index >= 15 is 0 Å². The van der Waals surface area contributed by atoms with Gasteiger partial charge in [-0.15, -0.1) is 5.10 Å². The predicted molar refractivity (Wildman–Crippen MR) is 98.6 cm³/mol. The number of aryl methyl sites for hydroxylation is 1. The van der Waals surface area contributed by atoms with Gasteiger partial charge < -0.3 is 14.8 Å². The first kappa shape index (κ1) is 17.8. The Hall–Kier alpha value is -3.06. The molecule has 0 unspecified atom stereocenters. The number of carbonyl (C=O) groups is 1. The summed E-state index contributed by atoms with van der Waals surface area (Å²) in [4.78, 5) is 14.0. The highest BCUT2D eigenvalue weighted by atomic mass is 35.5. The number of nitrogens with zero attached hydrogens (tertiary/aromatic N) is 3. The van der Waals surface area contributed by atoms with Crippen molar-refractivity contribution < 1.29 is 14.3 Å². The van der Waals surface area contributed by atoms with Gasteiger partial charge in [-0.05, 0) is 37.3 Å². The summed E-state index contributed by atoms with van der Waals surface area (Å²) < 4.78 is 10.4. The number of methoxy groups -OCH3 is 2. The lowest BCUT2D eigenvalue weighted by Gasteiger charge is -2.10. The van der Waals surface area contributed by atoms with Gasteiger partial charge in [-0.1, -0.05) is 17.7 Å². The molecule has 1 heterocycles. The fraction of sp³-hybridized carbons (Fsp3) is 0.167. The third-order valence-corrected chi connectivity index (χ3v) is 3.93. The van der Waals surface area contributed by atoms with Crippen LogP contribution in [0.5, 0.6) is 11.5 Å². The number of ether oxygens (including phenoxy) is 2. The summed E-state index contributed by atoms with van der Waals surface area (Å²) in [7, 11) is 3.08. The van der Waals surface area contributed by atoms with Gasteiger partial charge in [0.2, 0.25) is 0 Å². The van der Waals surface area contributed by atoms with Crippen molar-refractivity contribution in [3.8, 4) is 17.2 Å². The molecular formula is C18H17ClN4O3. The van der Waals surface area contributed by atoms with E-state index < -0.39 is 0 Å². The van der Waals surface area contributed by atoms with Gasteiger partial charge in [0, 0.05) is 11.1 Å². The van der Waals surface area contributed by atoms with Gasteiger partial charge >= 0.3 is 0 Å². The van der Waals surface area contributed by atoms with Crippen molar-refractivity contribution in [1.29, 1.82) is 0 Å². The van der Waals surface area contributed by atoms with Crippen LogP contribution in [0.1, 0.15) is 16.2 Å². The van der Waals surface area contributed by atoms with Crippen LogP contribution in [0.3, 0.4) is 0 Å². The first-order valence-corrected chi connectivity index (χ1v) is 8.13. The van der Waals surface area contributed by atoms with Crippen LogP contribution in [-0.2, 0) is 0 Å². The zero-order chi connectivity index (χ0) is 18.7. The Bertz CT molecular complexity index is 955. The summed E-state index contributed by atoms with van der Waals surface area (Å²) in [5.41, 5.74) is 1.88. The molecular weight excluding hydrogens is 356 g/mol. The zero-order valence-corrected chi connectivity index (χ0v) is 15.2. The minimum Gasteiger partial charge on any atom is -0.497 e. The van der Waals surface area contributed by atoms with Crippen molar-refractivity contribution in [3.63, 3.8) is 0 Å². The largest absolute Gasteiger partial charge is 0.497 e. The molecule has 0 aliphatic carbocycles. The quantitative estimate of drug-likeness (QED) is 0.741. The molecule has 0 aliphatic rings. The van der Waals surface area contributed by atoms with Crippen LogP contribution in [0.2, 0.25) is 5.02 Å². The zero-order valence-electron chi connectivity index (χ0n) is 14.5. The fourth-order valence-corrected chi connectivity index (χ4v) is 2.57. The molecule has 0 spiro atoms. The molecule has 1 amide bonds. The number of nitrogens with one attached hydrogen (secondary N) is 1. The molecule has 0 saturated carbocycles. The minimum atomic E-state index is -0.390. The van der Waals surface area contributed by atoms with Crippen LogP contribution in [0.4, 0.5) is 5.69 Å². The maximum atomic E-state index is 12.6. The molecule has 1 N–H and O–H groups in total. The van der Waals surface area contributed by atoms with Gasteiger partial charge in [0.1, 0.15) is 11.5 Å². The number of hydrogen-bond donors (Lipinski definition) is 1. The van der Waals surface area contributed by atoms with Crippen molar-refractivity contribution in [1.82, 2.24) is 15.0 Å². The standard InChI is InChI=1S/C18H17ClN4O3/c1-11-17(22-23(21-11)13-6-4-5-12(19)9-13)18(24)20-15-8-7-14(25-2)10-16(15)26-3/h4-10H,1-3H3,(H,20,24). The second kappa shape index (κ2) is 7.45.